The van der Waals surface area contributed by atoms with Gasteiger partial charge in [-0.05, 0) is 30.3 Å². The van der Waals surface area contributed by atoms with Crippen molar-refractivity contribution in [2.45, 2.75) is 12.8 Å². The summed E-state index contributed by atoms with van der Waals surface area (Å²) in [6.07, 6.45) is 0.882. The topological polar surface area (TPSA) is 143 Å². The minimum absolute atomic E-state index is 0.0450. The second-order valence-electron chi connectivity index (χ2n) is 5.69. The highest BCUT2D eigenvalue weighted by molar-refractivity contribution is 9.10. The van der Waals surface area contributed by atoms with Gasteiger partial charge in [0.25, 0.3) is 0 Å². The number of phenols is 1. The fourth-order valence-corrected chi connectivity index (χ4v) is 2.66. The van der Waals surface area contributed by atoms with E-state index in [0.29, 0.717) is 15.9 Å². The molecule has 3 N–H and O–H groups in total. The lowest BCUT2D eigenvalue weighted by molar-refractivity contribution is -0.385. The largest absolute Gasteiger partial charge is 0.502 e. The van der Waals surface area contributed by atoms with E-state index >= 15 is 0 Å². The summed E-state index contributed by atoms with van der Waals surface area (Å²) in [5.41, 5.74) is 2.32. The molecule has 0 unspecified atom stereocenters. The third kappa shape index (κ3) is 6.57. The molecule has 0 fully saturated rings. The molecule has 0 spiro atoms. The Balaban J connectivity index is 1.85. The Morgan fingerprint density at radius 2 is 1.90 bits per heavy atom. The lowest BCUT2D eigenvalue weighted by atomic mass is 10.2. The number of nitrogens with zero attached hydrogens (tertiary/aromatic N) is 2. The summed E-state index contributed by atoms with van der Waals surface area (Å²) < 4.78 is 5.39. The highest BCUT2D eigenvalue weighted by atomic mass is 79.9. The molecular formula is C18H17BrN4O6. The molecule has 2 aromatic carbocycles. The van der Waals surface area contributed by atoms with Gasteiger partial charge >= 0.3 is 5.69 Å². The van der Waals surface area contributed by atoms with Crippen molar-refractivity contribution in [2.24, 2.45) is 5.10 Å². The van der Waals surface area contributed by atoms with Crippen molar-refractivity contribution in [1.29, 1.82) is 0 Å². The Morgan fingerprint density at radius 3 is 2.52 bits per heavy atom. The summed E-state index contributed by atoms with van der Waals surface area (Å²) in [5.74, 6) is -0.804. The molecule has 11 heteroatoms. The summed E-state index contributed by atoms with van der Waals surface area (Å²) in [6.45, 7) is 0. The number of rotatable bonds is 8. The van der Waals surface area contributed by atoms with Gasteiger partial charge in [-0.1, -0.05) is 15.9 Å². The maximum Gasteiger partial charge on any atom is 0.312 e. The van der Waals surface area contributed by atoms with Crippen LogP contribution in [0.4, 0.5) is 11.4 Å². The van der Waals surface area contributed by atoms with E-state index in [0.717, 1.165) is 12.3 Å². The van der Waals surface area contributed by atoms with E-state index in [9.17, 15) is 24.8 Å². The van der Waals surface area contributed by atoms with Crippen LogP contribution < -0.4 is 15.5 Å². The minimum atomic E-state index is -0.739. The van der Waals surface area contributed by atoms with Gasteiger partial charge in [0, 0.05) is 34.6 Å². The van der Waals surface area contributed by atoms with Crippen molar-refractivity contribution in [3.05, 3.63) is 56.5 Å². The molecule has 2 amide bonds. The second-order valence-corrected chi connectivity index (χ2v) is 6.61. The lowest BCUT2D eigenvalue weighted by Gasteiger charge is -2.06. The van der Waals surface area contributed by atoms with Crippen molar-refractivity contribution >= 4 is 45.3 Å². The van der Waals surface area contributed by atoms with Gasteiger partial charge in [-0.25, -0.2) is 5.43 Å². The Morgan fingerprint density at radius 1 is 1.24 bits per heavy atom. The predicted octanol–water partition coefficient (Wildman–Crippen LogP) is 2.94. The molecule has 0 bridgehead atoms. The van der Waals surface area contributed by atoms with Gasteiger partial charge in [0.05, 0.1) is 18.2 Å². The number of anilines is 1. The van der Waals surface area contributed by atoms with Crippen LogP contribution in [0.25, 0.3) is 0 Å². The number of hydrazone groups is 1. The van der Waals surface area contributed by atoms with E-state index in [1.54, 1.807) is 24.3 Å². The van der Waals surface area contributed by atoms with E-state index in [1.165, 1.54) is 13.2 Å². The fourth-order valence-electron chi connectivity index (χ4n) is 2.20. The lowest BCUT2D eigenvalue weighted by Crippen LogP contribution is -2.20. The Bertz CT molecular complexity index is 946. The van der Waals surface area contributed by atoms with Gasteiger partial charge in [-0.15, -0.1) is 0 Å². The molecule has 152 valence electrons. The number of halogens is 1. The molecule has 0 heterocycles. The normalized spacial score (nSPS) is 10.6. The molecule has 0 saturated carbocycles. The maximum atomic E-state index is 11.9. The summed E-state index contributed by atoms with van der Waals surface area (Å²) >= 11 is 3.10. The molecule has 10 nitrogen and oxygen atoms in total. The summed E-state index contributed by atoms with van der Waals surface area (Å²) in [5, 5.41) is 27.1. The summed E-state index contributed by atoms with van der Waals surface area (Å²) in [7, 11) is 1.54. The van der Waals surface area contributed by atoms with E-state index in [-0.39, 0.29) is 24.3 Å². The van der Waals surface area contributed by atoms with Crippen molar-refractivity contribution in [1.82, 2.24) is 5.43 Å². The standard InChI is InChI=1S/C18H17BrN4O6/c1-29-14-4-2-13(3-5-14)21-16(24)6-7-17(25)22-20-10-11-8-12(19)9-15(18(11)26)23(27)28/h2-5,8-10,26H,6-7H2,1H3,(H,21,24)(H,22,25)/b20-10-. The van der Waals surface area contributed by atoms with Crippen LogP contribution in [0.5, 0.6) is 11.5 Å². The molecule has 2 aromatic rings. The Hall–Kier alpha value is -3.47. The number of hydrogen-bond acceptors (Lipinski definition) is 7. The molecule has 0 aliphatic heterocycles. The number of ether oxygens (including phenoxy) is 1. The number of carbonyl (C=O) groups excluding carboxylic acids is 2. The molecule has 0 aliphatic rings. The van der Waals surface area contributed by atoms with Crippen LogP contribution in [0.3, 0.4) is 0 Å². The van der Waals surface area contributed by atoms with Crippen molar-refractivity contribution in [3.63, 3.8) is 0 Å². The number of nitro groups is 1. The number of phenolic OH excluding ortho intramolecular Hbond substituents is 1. The first kappa shape index (κ1) is 21.8. The van der Waals surface area contributed by atoms with Crippen molar-refractivity contribution in [3.8, 4) is 11.5 Å². The highest BCUT2D eigenvalue weighted by Crippen LogP contribution is 2.32. The van der Waals surface area contributed by atoms with Crippen LogP contribution in [-0.2, 0) is 9.59 Å². The SMILES string of the molecule is COc1ccc(NC(=O)CCC(=O)N/N=C\c2cc(Br)cc([N+](=O)[O-])c2O)cc1. The number of methoxy groups -OCH3 is 1. The van der Waals surface area contributed by atoms with E-state index < -0.39 is 22.3 Å². The molecular weight excluding hydrogens is 448 g/mol. The number of nitro benzene ring substituents is 1. The quantitative estimate of drug-likeness (QED) is 0.311. The fraction of sp³-hybridized carbons (Fsp3) is 0.167. The van der Waals surface area contributed by atoms with Crippen LogP contribution in [0.1, 0.15) is 18.4 Å². The van der Waals surface area contributed by atoms with Crippen molar-refractivity contribution in [2.75, 3.05) is 12.4 Å². The third-order valence-electron chi connectivity index (χ3n) is 3.63. The first-order valence-electron chi connectivity index (χ1n) is 8.23. The number of hydrogen-bond donors (Lipinski definition) is 3. The average molecular weight is 465 g/mol. The van der Waals surface area contributed by atoms with Crippen molar-refractivity contribution < 1.29 is 24.4 Å². The average Bonchev–Trinajstić information content (AvgIpc) is 2.69. The molecule has 0 aliphatic carbocycles. The second kappa shape index (κ2) is 10.2. The summed E-state index contributed by atoms with van der Waals surface area (Å²) in [4.78, 5) is 33.8. The van der Waals surface area contributed by atoms with Gasteiger partial charge < -0.3 is 15.2 Å². The predicted molar refractivity (Wildman–Crippen MR) is 109 cm³/mol. The third-order valence-corrected chi connectivity index (χ3v) is 4.08. The van der Waals surface area contributed by atoms with Gasteiger partial charge in [0.1, 0.15) is 5.75 Å². The smallest absolute Gasteiger partial charge is 0.312 e. The van der Waals surface area contributed by atoms with Gasteiger partial charge in [-0.2, -0.15) is 5.10 Å². The number of carbonyl (C=O) groups is 2. The molecule has 0 aromatic heterocycles. The van der Waals surface area contributed by atoms with Crippen LogP contribution in [0.15, 0.2) is 46.0 Å². The Labute approximate surface area is 173 Å². The van der Waals surface area contributed by atoms with Gasteiger partial charge in [0.2, 0.25) is 17.6 Å². The first-order chi connectivity index (χ1) is 13.8. The number of amides is 2. The monoisotopic (exact) mass is 464 g/mol. The Kier molecular flexibility index (Phi) is 7.66. The summed E-state index contributed by atoms with van der Waals surface area (Å²) in [6, 6.07) is 9.28. The highest BCUT2D eigenvalue weighted by Gasteiger charge is 2.17. The van der Waals surface area contributed by atoms with Gasteiger partial charge in [-0.3, -0.25) is 19.7 Å². The minimum Gasteiger partial charge on any atom is -0.502 e. The van der Waals surface area contributed by atoms with E-state index in [4.69, 9.17) is 4.74 Å². The van der Waals surface area contributed by atoms with Crippen LogP contribution in [0, 0.1) is 10.1 Å². The van der Waals surface area contributed by atoms with Crippen LogP contribution in [-0.4, -0.2) is 35.2 Å². The molecule has 2 rings (SSSR count). The zero-order valence-electron chi connectivity index (χ0n) is 15.2. The number of aromatic hydroxyl groups is 1. The molecule has 0 radical (unpaired) electrons. The number of benzene rings is 2. The number of nitrogens with one attached hydrogen (secondary N) is 2. The van der Waals surface area contributed by atoms with E-state index in [2.05, 4.69) is 31.8 Å². The molecule has 0 atom stereocenters. The zero-order valence-corrected chi connectivity index (χ0v) is 16.8. The molecule has 0 saturated heterocycles. The van der Waals surface area contributed by atoms with Crippen LogP contribution in [0.2, 0.25) is 0 Å². The molecule has 29 heavy (non-hydrogen) atoms. The van der Waals surface area contributed by atoms with Crippen LogP contribution >= 0.6 is 15.9 Å². The zero-order chi connectivity index (χ0) is 21.4. The maximum absolute atomic E-state index is 11.9. The first-order valence-corrected chi connectivity index (χ1v) is 9.02. The van der Waals surface area contributed by atoms with E-state index in [1.807, 2.05) is 0 Å². The van der Waals surface area contributed by atoms with Gasteiger partial charge in [0.15, 0.2) is 0 Å².